The van der Waals surface area contributed by atoms with E-state index < -0.39 is 0 Å². The zero-order chi connectivity index (χ0) is 15.1. The van der Waals surface area contributed by atoms with Crippen LogP contribution in [0.25, 0.3) is 0 Å². The van der Waals surface area contributed by atoms with Crippen molar-refractivity contribution in [2.75, 3.05) is 11.9 Å². The first-order valence-electron chi connectivity index (χ1n) is 7.20. The van der Waals surface area contributed by atoms with Crippen molar-refractivity contribution in [2.24, 2.45) is 5.92 Å². The lowest BCUT2D eigenvalue weighted by atomic mass is 10.0. The topological polar surface area (TPSA) is 54.0 Å². The van der Waals surface area contributed by atoms with E-state index in [1.807, 2.05) is 6.92 Å². The highest BCUT2D eigenvalue weighted by Crippen LogP contribution is 2.15. The van der Waals surface area contributed by atoms with Crippen LogP contribution in [-0.2, 0) is 0 Å². The third-order valence-corrected chi connectivity index (χ3v) is 3.66. The first-order valence-corrected chi connectivity index (χ1v) is 7.58. The average Bonchev–Trinajstić information content (AvgIpc) is 2.43. The van der Waals surface area contributed by atoms with Crippen molar-refractivity contribution in [3.05, 3.63) is 22.8 Å². The SMILES string of the molecule is CCCNc1cc(C(=O)NC(C)C(C)CC)cc(Cl)n1. The van der Waals surface area contributed by atoms with Crippen LogP contribution >= 0.6 is 11.6 Å². The maximum atomic E-state index is 12.2. The van der Waals surface area contributed by atoms with Gasteiger partial charge in [-0.05, 0) is 31.4 Å². The quantitative estimate of drug-likeness (QED) is 0.754. The Morgan fingerprint density at radius 1 is 1.35 bits per heavy atom. The minimum atomic E-state index is -0.110. The van der Waals surface area contributed by atoms with E-state index in [0.29, 0.717) is 22.5 Å². The van der Waals surface area contributed by atoms with Crippen LogP contribution in [0.3, 0.4) is 0 Å². The van der Waals surface area contributed by atoms with Crippen LogP contribution in [0.4, 0.5) is 5.82 Å². The van der Waals surface area contributed by atoms with Gasteiger partial charge in [-0.2, -0.15) is 0 Å². The molecule has 1 amide bonds. The summed E-state index contributed by atoms with van der Waals surface area (Å²) in [6.45, 7) is 9.13. The molecule has 0 fully saturated rings. The minimum Gasteiger partial charge on any atom is -0.370 e. The van der Waals surface area contributed by atoms with Gasteiger partial charge in [0.15, 0.2) is 0 Å². The smallest absolute Gasteiger partial charge is 0.251 e. The summed E-state index contributed by atoms with van der Waals surface area (Å²) in [7, 11) is 0. The number of hydrogen-bond acceptors (Lipinski definition) is 3. The number of aromatic nitrogens is 1. The summed E-state index contributed by atoms with van der Waals surface area (Å²) in [4.78, 5) is 16.4. The van der Waals surface area contributed by atoms with E-state index in [-0.39, 0.29) is 11.9 Å². The lowest BCUT2D eigenvalue weighted by Crippen LogP contribution is -2.36. The van der Waals surface area contributed by atoms with Crippen molar-refractivity contribution < 1.29 is 4.79 Å². The van der Waals surface area contributed by atoms with E-state index in [9.17, 15) is 4.79 Å². The van der Waals surface area contributed by atoms with Gasteiger partial charge in [0.05, 0.1) is 0 Å². The summed E-state index contributed by atoms with van der Waals surface area (Å²) in [5.74, 6) is 0.969. The van der Waals surface area contributed by atoms with Crippen LogP contribution < -0.4 is 10.6 Å². The molecular weight excluding hydrogens is 274 g/mol. The lowest BCUT2D eigenvalue weighted by molar-refractivity contribution is 0.0928. The molecule has 20 heavy (non-hydrogen) atoms. The molecule has 2 unspecified atom stereocenters. The van der Waals surface area contributed by atoms with Gasteiger partial charge in [-0.1, -0.05) is 38.8 Å². The average molecular weight is 298 g/mol. The van der Waals surface area contributed by atoms with Crippen molar-refractivity contribution in [3.63, 3.8) is 0 Å². The normalized spacial score (nSPS) is 13.7. The van der Waals surface area contributed by atoms with Crippen LogP contribution in [0.15, 0.2) is 12.1 Å². The number of carbonyl (C=O) groups is 1. The van der Waals surface area contributed by atoms with Crippen molar-refractivity contribution in [1.82, 2.24) is 10.3 Å². The second-order valence-electron chi connectivity index (χ2n) is 5.14. The molecule has 0 aliphatic heterocycles. The molecule has 0 aromatic carbocycles. The predicted octanol–water partition coefficient (Wildman–Crippen LogP) is 3.72. The van der Waals surface area contributed by atoms with Gasteiger partial charge >= 0.3 is 0 Å². The summed E-state index contributed by atoms with van der Waals surface area (Å²) in [6.07, 6.45) is 2.02. The molecule has 0 radical (unpaired) electrons. The van der Waals surface area contributed by atoms with E-state index in [0.717, 1.165) is 19.4 Å². The number of carbonyl (C=O) groups excluding carboxylic acids is 1. The van der Waals surface area contributed by atoms with Crippen LogP contribution in [0.5, 0.6) is 0 Å². The molecule has 0 saturated carbocycles. The maximum absolute atomic E-state index is 12.2. The number of anilines is 1. The summed E-state index contributed by atoms with van der Waals surface area (Å²) >= 11 is 5.97. The molecule has 2 N–H and O–H groups in total. The number of hydrogen-bond donors (Lipinski definition) is 2. The lowest BCUT2D eigenvalue weighted by Gasteiger charge is -2.20. The Morgan fingerprint density at radius 3 is 2.65 bits per heavy atom. The van der Waals surface area contributed by atoms with Crippen LogP contribution in [0.1, 0.15) is 50.9 Å². The molecule has 5 heteroatoms. The molecule has 1 rings (SSSR count). The molecular formula is C15H24ClN3O. The van der Waals surface area contributed by atoms with Crippen LogP contribution in [-0.4, -0.2) is 23.5 Å². The molecule has 1 aromatic rings. The van der Waals surface area contributed by atoms with E-state index in [1.54, 1.807) is 12.1 Å². The van der Waals surface area contributed by atoms with Gasteiger partial charge in [-0.15, -0.1) is 0 Å². The minimum absolute atomic E-state index is 0.110. The number of nitrogens with one attached hydrogen (secondary N) is 2. The largest absolute Gasteiger partial charge is 0.370 e. The first kappa shape index (κ1) is 16.8. The number of rotatable bonds is 7. The first-order chi connectivity index (χ1) is 9.47. The highest BCUT2D eigenvalue weighted by Gasteiger charge is 2.15. The van der Waals surface area contributed by atoms with Gasteiger partial charge in [0.1, 0.15) is 11.0 Å². The third kappa shape index (κ3) is 5.00. The van der Waals surface area contributed by atoms with E-state index in [2.05, 4.69) is 36.4 Å². The summed E-state index contributed by atoms with van der Waals surface area (Å²) < 4.78 is 0. The fraction of sp³-hybridized carbons (Fsp3) is 0.600. The summed E-state index contributed by atoms with van der Waals surface area (Å²) in [6, 6.07) is 3.46. The number of amides is 1. The highest BCUT2D eigenvalue weighted by molar-refractivity contribution is 6.29. The Balaban J connectivity index is 2.79. The molecule has 2 atom stereocenters. The van der Waals surface area contributed by atoms with Crippen LogP contribution in [0.2, 0.25) is 5.15 Å². The molecule has 0 saturated heterocycles. The van der Waals surface area contributed by atoms with Crippen molar-refractivity contribution >= 4 is 23.3 Å². The summed E-state index contributed by atoms with van der Waals surface area (Å²) in [5.41, 5.74) is 0.541. The third-order valence-electron chi connectivity index (χ3n) is 3.47. The second-order valence-corrected chi connectivity index (χ2v) is 5.53. The molecule has 4 nitrogen and oxygen atoms in total. The molecule has 1 heterocycles. The van der Waals surface area contributed by atoms with Gasteiger partial charge in [0.25, 0.3) is 5.91 Å². The van der Waals surface area contributed by atoms with Gasteiger partial charge in [-0.3, -0.25) is 4.79 Å². The van der Waals surface area contributed by atoms with Crippen molar-refractivity contribution in [2.45, 2.75) is 46.6 Å². The Morgan fingerprint density at radius 2 is 2.05 bits per heavy atom. The Bertz CT molecular complexity index is 451. The predicted molar refractivity (Wildman–Crippen MR) is 84.4 cm³/mol. The highest BCUT2D eigenvalue weighted by atomic mass is 35.5. The molecule has 0 aliphatic carbocycles. The molecule has 0 bridgehead atoms. The zero-order valence-corrected chi connectivity index (χ0v) is 13.4. The molecule has 0 aliphatic rings. The van der Waals surface area contributed by atoms with Gasteiger partial charge < -0.3 is 10.6 Å². The Labute approximate surface area is 126 Å². The van der Waals surface area contributed by atoms with Gasteiger partial charge in [0, 0.05) is 18.2 Å². The molecule has 0 spiro atoms. The van der Waals surface area contributed by atoms with Crippen molar-refractivity contribution in [1.29, 1.82) is 0 Å². The van der Waals surface area contributed by atoms with Gasteiger partial charge in [-0.25, -0.2) is 4.98 Å². The molecule has 112 valence electrons. The number of nitrogens with zero attached hydrogens (tertiary/aromatic N) is 1. The Hall–Kier alpha value is -1.29. The van der Waals surface area contributed by atoms with Crippen molar-refractivity contribution in [3.8, 4) is 0 Å². The Kier molecular flexibility index (Phi) is 6.79. The van der Waals surface area contributed by atoms with E-state index in [1.165, 1.54) is 0 Å². The standard InChI is InChI=1S/C15H24ClN3O/c1-5-7-17-14-9-12(8-13(16)19-14)15(20)18-11(4)10(3)6-2/h8-11H,5-7H2,1-4H3,(H,17,19)(H,18,20). The fourth-order valence-corrected chi connectivity index (χ4v) is 1.97. The van der Waals surface area contributed by atoms with E-state index >= 15 is 0 Å². The van der Waals surface area contributed by atoms with Crippen LogP contribution in [0, 0.1) is 5.92 Å². The number of pyridine rings is 1. The van der Waals surface area contributed by atoms with E-state index in [4.69, 9.17) is 11.6 Å². The second kappa shape index (κ2) is 8.10. The monoisotopic (exact) mass is 297 g/mol. The zero-order valence-electron chi connectivity index (χ0n) is 12.7. The fourth-order valence-electron chi connectivity index (χ4n) is 1.76. The molecule has 1 aromatic heterocycles. The van der Waals surface area contributed by atoms with Gasteiger partial charge in [0.2, 0.25) is 0 Å². The summed E-state index contributed by atoms with van der Waals surface area (Å²) in [5, 5.41) is 6.47. The maximum Gasteiger partial charge on any atom is 0.251 e. The number of halogens is 1.